The molecule has 0 atom stereocenters. The second kappa shape index (κ2) is 6.96. The van der Waals surface area contributed by atoms with Crippen molar-refractivity contribution in [3.63, 3.8) is 0 Å². The number of esters is 1. The zero-order chi connectivity index (χ0) is 14.4. The van der Waals surface area contributed by atoms with E-state index >= 15 is 0 Å². The van der Waals surface area contributed by atoms with Gasteiger partial charge in [0.1, 0.15) is 11.5 Å². The van der Waals surface area contributed by atoms with Crippen molar-refractivity contribution in [3.8, 4) is 11.5 Å². The summed E-state index contributed by atoms with van der Waals surface area (Å²) < 4.78 is 10.7. The number of ether oxygens (including phenoxy) is 2. The van der Waals surface area contributed by atoms with E-state index in [2.05, 4.69) is 0 Å². The topological polar surface area (TPSA) is 35.5 Å². The maximum Gasteiger partial charge on any atom is 0.343 e. The highest BCUT2D eigenvalue weighted by atomic mass is 35.5. The molecule has 0 aromatic heterocycles. The van der Waals surface area contributed by atoms with Crippen LogP contribution in [0.5, 0.6) is 11.5 Å². The molecule has 0 bridgehead atoms. The Labute approximate surface area is 123 Å². The van der Waals surface area contributed by atoms with Gasteiger partial charge in [-0.15, -0.1) is 0 Å². The molecule has 0 aliphatic heterocycles. The monoisotopic (exact) mass is 290 g/mol. The lowest BCUT2D eigenvalue weighted by Gasteiger charge is -2.06. The van der Waals surface area contributed by atoms with Crippen LogP contribution in [-0.2, 0) is 0 Å². The molecular formula is C16H15ClO3. The molecule has 0 saturated heterocycles. The van der Waals surface area contributed by atoms with Crippen LogP contribution in [0.1, 0.15) is 23.7 Å². The summed E-state index contributed by atoms with van der Waals surface area (Å²) in [5.74, 6) is 0.801. The average molecular weight is 291 g/mol. The standard InChI is InChI=1S/C16H15ClO3/c1-2-11-19-14-7-3-12(4-8-14)16(18)20-15-9-5-13(17)6-10-15/h3-10H,2,11H2,1H3. The van der Waals surface area contributed by atoms with Crippen LogP contribution in [0, 0.1) is 0 Å². The van der Waals surface area contributed by atoms with Crippen molar-refractivity contribution in [2.45, 2.75) is 13.3 Å². The number of carbonyl (C=O) groups is 1. The maximum absolute atomic E-state index is 11.9. The first kappa shape index (κ1) is 14.4. The van der Waals surface area contributed by atoms with Crippen molar-refractivity contribution < 1.29 is 14.3 Å². The normalized spacial score (nSPS) is 10.1. The Morgan fingerprint density at radius 2 is 1.60 bits per heavy atom. The van der Waals surface area contributed by atoms with Crippen molar-refractivity contribution in [1.29, 1.82) is 0 Å². The van der Waals surface area contributed by atoms with Gasteiger partial charge < -0.3 is 9.47 Å². The first-order valence-corrected chi connectivity index (χ1v) is 6.77. The Balaban J connectivity index is 2.00. The molecule has 2 rings (SSSR count). The highest BCUT2D eigenvalue weighted by Gasteiger charge is 2.08. The summed E-state index contributed by atoms with van der Waals surface area (Å²) in [7, 11) is 0. The van der Waals surface area contributed by atoms with Gasteiger partial charge in [0, 0.05) is 5.02 Å². The smallest absolute Gasteiger partial charge is 0.343 e. The molecule has 0 spiro atoms. The van der Waals surface area contributed by atoms with Crippen LogP contribution in [0.25, 0.3) is 0 Å². The quantitative estimate of drug-likeness (QED) is 0.607. The maximum atomic E-state index is 11.9. The summed E-state index contributed by atoms with van der Waals surface area (Å²) in [6.07, 6.45) is 0.945. The van der Waals surface area contributed by atoms with Gasteiger partial charge in [0.05, 0.1) is 12.2 Å². The van der Waals surface area contributed by atoms with Crippen LogP contribution in [-0.4, -0.2) is 12.6 Å². The highest BCUT2D eigenvalue weighted by Crippen LogP contribution is 2.18. The predicted octanol–water partition coefficient (Wildman–Crippen LogP) is 4.35. The predicted molar refractivity (Wildman–Crippen MR) is 78.6 cm³/mol. The summed E-state index contributed by atoms with van der Waals surface area (Å²) in [4.78, 5) is 11.9. The number of carbonyl (C=O) groups excluding carboxylic acids is 1. The molecule has 0 aliphatic rings. The molecule has 0 N–H and O–H groups in total. The van der Waals surface area contributed by atoms with Crippen LogP contribution in [0.3, 0.4) is 0 Å². The van der Waals surface area contributed by atoms with Crippen molar-refractivity contribution in [2.24, 2.45) is 0 Å². The Bertz CT molecular complexity index is 561. The van der Waals surface area contributed by atoms with E-state index < -0.39 is 5.97 Å². The van der Waals surface area contributed by atoms with Crippen LogP contribution in [0.15, 0.2) is 48.5 Å². The molecule has 2 aromatic carbocycles. The van der Waals surface area contributed by atoms with Crippen LogP contribution in [0.4, 0.5) is 0 Å². The van der Waals surface area contributed by atoms with Crippen molar-refractivity contribution in [3.05, 3.63) is 59.1 Å². The lowest BCUT2D eigenvalue weighted by Crippen LogP contribution is -2.08. The molecule has 4 heteroatoms. The Morgan fingerprint density at radius 1 is 1.00 bits per heavy atom. The summed E-state index contributed by atoms with van der Waals surface area (Å²) in [5, 5.41) is 0.599. The number of halogens is 1. The third-order valence-corrected chi connectivity index (χ3v) is 2.84. The summed E-state index contributed by atoms with van der Waals surface area (Å²) in [6, 6.07) is 13.5. The minimum Gasteiger partial charge on any atom is -0.494 e. The minimum atomic E-state index is -0.408. The molecule has 0 heterocycles. The molecule has 2 aromatic rings. The molecular weight excluding hydrogens is 276 g/mol. The fourth-order valence-electron chi connectivity index (χ4n) is 1.58. The largest absolute Gasteiger partial charge is 0.494 e. The number of hydrogen-bond acceptors (Lipinski definition) is 3. The first-order valence-electron chi connectivity index (χ1n) is 6.39. The van der Waals surface area contributed by atoms with Crippen LogP contribution >= 0.6 is 11.6 Å². The molecule has 0 radical (unpaired) electrons. The second-order valence-corrected chi connectivity index (χ2v) is 4.65. The first-order chi connectivity index (χ1) is 9.69. The van der Waals surface area contributed by atoms with Gasteiger partial charge in [0.2, 0.25) is 0 Å². The van der Waals surface area contributed by atoms with E-state index in [0.717, 1.165) is 12.2 Å². The van der Waals surface area contributed by atoms with E-state index in [-0.39, 0.29) is 0 Å². The van der Waals surface area contributed by atoms with Crippen molar-refractivity contribution in [2.75, 3.05) is 6.61 Å². The van der Waals surface area contributed by atoms with Gasteiger partial charge >= 0.3 is 5.97 Å². The van der Waals surface area contributed by atoms with Gasteiger partial charge in [-0.3, -0.25) is 0 Å². The van der Waals surface area contributed by atoms with Gasteiger partial charge in [0.15, 0.2) is 0 Å². The summed E-state index contributed by atoms with van der Waals surface area (Å²) in [5.41, 5.74) is 0.476. The fraction of sp³-hybridized carbons (Fsp3) is 0.188. The molecule has 0 saturated carbocycles. The molecule has 104 valence electrons. The number of rotatable bonds is 5. The molecule has 0 unspecified atom stereocenters. The molecule has 3 nitrogen and oxygen atoms in total. The molecule has 20 heavy (non-hydrogen) atoms. The molecule has 0 amide bonds. The van der Waals surface area contributed by atoms with Crippen molar-refractivity contribution in [1.82, 2.24) is 0 Å². The van der Waals surface area contributed by atoms with Crippen LogP contribution < -0.4 is 9.47 Å². The molecule has 0 aliphatic carbocycles. The van der Waals surface area contributed by atoms with Gasteiger partial charge in [-0.05, 0) is 55.0 Å². The number of hydrogen-bond donors (Lipinski definition) is 0. The van der Waals surface area contributed by atoms with Crippen LogP contribution in [0.2, 0.25) is 5.02 Å². The van der Waals surface area contributed by atoms with Gasteiger partial charge in [-0.2, -0.15) is 0 Å². The Kier molecular flexibility index (Phi) is 5.02. The van der Waals surface area contributed by atoms with E-state index in [0.29, 0.717) is 22.9 Å². The van der Waals surface area contributed by atoms with Crippen molar-refractivity contribution >= 4 is 17.6 Å². The zero-order valence-electron chi connectivity index (χ0n) is 11.1. The zero-order valence-corrected chi connectivity index (χ0v) is 11.9. The SMILES string of the molecule is CCCOc1ccc(C(=O)Oc2ccc(Cl)cc2)cc1. The number of benzene rings is 2. The Hall–Kier alpha value is -2.00. The third kappa shape index (κ3) is 4.00. The van der Waals surface area contributed by atoms with E-state index in [9.17, 15) is 4.79 Å². The van der Waals surface area contributed by atoms with E-state index in [1.54, 1.807) is 48.5 Å². The van der Waals surface area contributed by atoms with Gasteiger partial charge in [0.25, 0.3) is 0 Å². The van der Waals surface area contributed by atoms with E-state index in [1.165, 1.54) is 0 Å². The summed E-state index contributed by atoms with van der Waals surface area (Å²) >= 11 is 5.77. The summed E-state index contributed by atoms with van der Waals surface area (Å²) in [6.45, 7) is 2.70. The molecule has 0 fully saturated rings. The van der Waals surface area contributed by atoms with E-state index in [1.807, 2.05) is 6.92 Å². The van der Waals surface area contributed by atoms with Gasteiger partial charge in [-0.25, -0.2) is 4.79 Å². The minimum absolute atomic E-state index is 0.408. The third-order valence-electron chi connectivity index (χ3n) is 2.59. The van der Waals surface area contributed by atoms with Gasteiger partial charge in [-0.1, -0.05) is 18.5 Å². The average Bonchev–Trinajstić information content (AvgIpc) is 2.48. The lowest BCUT2D eigenvalue weighted by molar-refractivity contribution is 0.0734. The second-order valence-electron chi connectivity index (χ2n) is 4.22. The highest BCUT2D eigenvalue weighted by molar-refractivity contribution is 6.30. The Morgan fingerprint density at radius 3 is 2.20 bits per heavy atom. The van der Waals surface area contributed by atoms with E-state index in [4.69, 9.17) is 21.1 Å². The fourth-order valence-corrected chi connectivity index (χ4v) is 1.70. The lowest BCUT2D eigenvalue weighted by atomic mass is 10.2.